The van der Waals surface area contributed by atoms with Gasteiger partial charge in [0, 0.05) is 23.4 Å². The first-order chi connectivity index (χ1) is 17.2. The van der Waals surface area contributed by atoms with Crippen molar-refractivity contribution in [3.05, 3.63) is 65.8 Å². The lowest BCUT2D eigenvalue weighted by Crippen LogP contribution is -2.18. The number of thioether (sulfide) groups is 1. The SMILES string of the molecule is COc1cccc(NCc2nnc(SCc3nc(-c4ccc(C)cc4)no3)n2C2CCCCC2)c1. The summed E-state index contributed by atoms with van der Waals surface area (Å²) in [6, 6.07) is 16.5. The number of rotatable bonds is 9. The maximum absolute atomic E-state index is 5.53. The monoisotopic (exact) mass is 490 g/mol. The number of anilines is 1. The fraction of sp³-hybridized carbons (Fsp3) is 0.385. The predicted molar refractivity (Wildman–Crippen MR) is 136 cm³/mol. The van der Waals surface area contributed by atoms with Gasteiger partial charge in [0.2, 0.25) is 11.7 Å². The molecule has 8 nitrogen and oxygen atoms in total. The van der Waals surface area contributed by atoms with Gasteiger partial charge in [-0.1, -0.05) is 72.1 Å². The maximum Gasteiger partial charge on any atom is 0.237 e. The zero-order chi connectivity index (χ0) is 24.0. The minimum absolute atomic E-state index is 0.411. The molecule has 2 heterocycles. The third-order valence-electron chi connectivity index (χ3n) is 6.30. The highest BCUT2D eigenvalue weighted by Gasteiger charge is 2.23. The molecule has 9 heteroatoms. The summed E-state index contributed by atoms with van der Waals surface area (Å²) in [5.41, 5.74) is 3.14. The van der Waals surface area contributed by atoms with Crippen molar-refractivity contribution < 1.29 is 9.26 Å². The molecule has 0 saturated heterocycles. The smallest absolute Gasteiger partial charge is 0.237 e. The summed E-state index contributed by atoms with van der Waals surface area (Å²) in [6.07, 6.45) is 6.06. The lowest BCUT2D eigenvalue weighted by molar-refractivity contribution is 0.329. The van der Waals surface area contributed by atoms with E-state index in [9.17, 15) is 0 Å². The molecule has 1 aliphatic carbocycles. The first-order valence-electron chi connectivity index (χ1n) is 12.0. The normalized spacial score (nSPS) is 14.2. The highest BCUT2D eigenvalue weighted by Crippen LogP contribution is 2.34. The summed E-state index contributed by atoms with van der Waals surface area (Å²) in [5.74, 6) is 3.50. The Bertz CT molecular complexity index is 1250. The van der Waals surface area contributed by atoms with Gasteiger partial charge in [0.25, 0.3) is 0 Å². The van der Waals surface area contributed by atoms with E-state index >= 15 is 0 Å². The Balaban J connectivity index is 1.31. The van der Waals surface area contributed by atoms with E-state index < -0.39 is 0 Å². The molecule has 1 N–H and O–H groups in total. The van der Waals surface area contributed by atoms with Gasteiger partial charge in [-0.15, -0.1) is 10.2 Å². The molecule has 0 amide bonds. The fourth-order valence-electron chi connectivity index (χ4n) is 4.41. The number of benzene rings is 2. The Morgan fingerprint density at radius 1 is 1.09 bits per heavy atom. The van der Waals surface area contributed by atoms with Gasteiger partial charge in [-0.3, -0.25) is 0 Å². The number of hydrogen-bond acceptors (Lipinski definition) is 8. The highest BCUT2D eigenvalue weighted by molar-refractivity contribution is 7.98. The van der Waals surface area contributed by atoms with Gasteiger partial charge < -0.3 is 19.1 Å². The second-order valence-electron chi connectivity index (χ2n) is 8.81. The minimum Gasteiger partial charge on any atom is -0.497 e. The van der Waals surface area contributed by atoms with Crippen molar-refractivity contribution in [1.82, 2.24) is 24.9 Å². The van der Waals surface area contributed by atoms with Crippen LogP contribution >= 0.6 is 11.8 Å². The van der Waals surface area contributed by atoms with Crippen LogP contribution in [0.4, 0.5) is 5.69 Å². The number of aryl methyl sites for hydroxylation is 1. The van der Waals surface area contributed by atoms with E-state index in [1.54, 1.807) is 18.9 Å². The number of ether oxygens (including phenoxy) is 1. The molecule has 2 aromatic heterocycles. The molecule has 2 aromatic carbocycles. The molecule has 0 aliphatic heterocycles. The van der Waals surface area contributed by atoms with Gasteiger partial charge in [-0.25, -0.2) is 0 Å². The van der Waals surface area contributed by atoms with E-state index in [0.717, 1.165) is 40.8 Å². The Labute approximate surface area is 209 Å². The molecule has 0 spiro atoms. The van der Waals surface area contributed by atoms with Crippen molar-refractivity contribution in [3.8, 4) is 17.1 Å². The number of nitrogens with zero attached hydrogens (tertiary/aromatic N) is 5. The first-order valence-corrected chi connectivity index (χ1v) is 13.0. The van der Waals surface area contributed by atoms with Crippen LogP contribution in [0.25, 0.3) is 11.4 Å². The van der Waals surface area contributed by atoms with E-state index in [1.165, 1.54) is 24.8 Å². The Morgan fingerprint density at radius 2 is 1.91 bits per heavy atom. The molecule has 1 saturated carbocycles. The summed E-state index contributed by atoms with van der Waals surface area (Å²) >= 11 is 1.60. The summed E-state index contributed by atoms with van der Waals surface area (Å²) in [5, 5.41) is 17.6. The Morgan fingerprint density at radius 3 is 2.71 bits per heavy atom. The zero-order valence-corrected chi connectivity index (χ0v) is 20.9. The molecule has 0 unspecified atom stereocenters. The van der Waals surface area contributed by atoms with Crippen molar-refractivity contribution in [2.45, 2.75) is 62.5 Å². The van der Waals surface area contributed by atoms with Crippen molar-refractivity contribution >= 4 is 17.4 Å². The van der Waals surface area contributed by atoms with Crippen LogP contribution in [0, 0.1) is 6.92 Å². The van der Waals surface area contributed by atoms with Gasteiger partial charge in [-0.05, 0) is 31.9 Å². The van der Waals surface area contributed by atoms with Crippen LogP contribution in [-0.4, -0.2) is 32.0 Å². The van der Waals surface area contributed by atoms with Crippen LogP contribution in [0.5, 0.6) is 5.75 Å². The summed E-state index contributed by atoms with van der Waals surface area (Å²) in [7, 11) is 1.68. The second-order valence-corrected chi connectivity index (χ2v) is 9.76. The van der Waals surface area contributed by atoms with E-state index in [-0.39, 0.29) is 0 Å². The zero-order valence-electron chi connectivity index (χ0n) is 20.1. The molecule has 35 heavy (non-hydrogen) atoms. The molecule has 1 fully saturated rings. The number of nitrogens with one attached hydrogen (secondary N) is 1. The van der Waals surface area contributed by atoms with Crippen molar-refractivity contribution in [3.63, 3.8) is 0 Å². The third kappa shape index (κ3) is 5.67. The molecule has 5 rings (SSSR count). The van der Waals surface area contributed by atoms with Crippen LogP contribution in [0.15, 0.2) is 58.2 Å². The van der Waals surface area contributed by atoms with Gasteiger partial charge in [-0.2, -0.15) is 4.98 Å². The average molecular weight is 491 g/mol. The fourth-order valence-corrected chi connectivity index (χ4v) is 5.27. The lowest BCUT2D eigenvalue weighted by atomic mass is 9.95. The standard InChI is InChI=1S/C26H30N6O2S/c1-18-11-13-19(14-12-18)25-28-24(34-31-25)17-35-26-30-29-23(32(26)21-8-4-3-5-9-21)16-27-20-7-6-10-22(15-20)33-2/h6-7,10-15,21,27H,3-5,8-9,16-17H2,1-2H3. The van der Waals surface area contributed by atoms with Crippen molar-refractivity contribution in [1.29, 1.82) is 0 Å². The maximum atomic E-state index is 5.53. The summed E-state index contributed by atoms with van der Waals surface area (Å²) in [4.78, 5) is 4.59. The van der Waals surface area contributed by atoms with Gasteiger partial charge in [0.15, 0.2) is 11.0 Å². The van der Waals surface area contributed by atoms with Gasteiger partial charge >= 0.3 is 0 Å². The van der Waals surface area contributed by atoms with Crippen LogP contribution in [0.1, 0.15) is 55.4 Å². The number of methoxy groups -OCH3 is 1. The van der Waals surface area contributed by atoms with Crippen LogP contribution < -0.4 is 10.1 Å². The number of hydrogen-bond donors (Lipinski definition) is 1. The Kier molecular flexibility index (Phi) is 7.32. The predicted octanol–water partition coefficient (Wildman–Crippen LogP) is 6.05. The lowest BCUT2D eigenvalue weighted by Gasteiger charge is -2.25. The van der Waals surface area contributed by atoms with Gasteiger partial charge in [0.05, 0.1) is 19.4 Å². The topological polar surface area (TPSA) is 90.9 Å². The largest absolute Gasteiger partial charge is 0.497 e. The van der Waals surface area contributed by atoms with Crippen LogP contribution in [-0.2, 0) is 12.3 Å². The first kappa shape index (κ1) is 23.4. The molecule has 1 aliphatic rings. The molecule has 4 aromatic rings. The Hall–Kier alpha value is -3.33. The molecule has 0 atom stereocenters. The van der Waals surface area contributed by atoms with Crippen LogP contribution in [0.2, 0.25) is 0 Å². The summed E-state index contributed by atoms with van der Waals surface area (Å²) < 4.78 is 13.2. The highest BCUT2D eigenvalue weighted by atomic mass is 32.2. The third-order valence-corrected chi connectivity index (χ3v) is 7.23. The second kappa shape index (κ2) is 10.9. The number of aromatic nitrogens is 5. The minimum atomic E-state index is 0.411. The van der Waals surface area contributed by atoms with Crippen molar-refractivity contribution in [2.75, 3.05) is 12.4 Å². The summed E-state index contributed by atoms with van der Waals surface area (Å²) in [6.45, 7) is 2.65. The molecular weight excluding hydrogens is 460 g/mol. The van der Waals surface area contributed by atoms with E-state index in [0.29, 0.717) is 30.1 Å². The van der Waals surface area contributed by atoms with E-state index in [4.69, 9.17) is 9.26 Å². The van der Waals surface area contributed by atoms with E-state index in [1.807, 2.05) is 48.5 Å². The van der Waals surface area contributed by atoms with Crippen molar-refractivity contribution in [2.24, 2.45) is 0 Å². The average Bonchev–Trinajstić information content (AvgIpc) is 3.54. The molecule has 0 radical (unpaired) electrons. The van der Waals surface area contributed by atoms with Gasteiger partial charge in [0.1, 0.15) is 5.75 Å². The molecule has 182 valence electrons. The van der Waals surface area contributed by atoms with E-state index in [2.05, 4.69) is 37.1 Å². The molecule has 0 bridgehead atoms. The molecular formula is C26H30N6O2S. The van der Waals surface area contributed by atoms with Crippen LogP contribution in [0.3, 0.4) is 0 Å². The quantitative estimate of drug-likeness (QED) is 0.283.